The molecule has 2 aromatic rings. The zero-order valence-electron chi connectivity index (χ0n) is 20.6. The molecule has 2 rings (SSSR count). The average Bonchev–Trinajstić information content (AvgIpc) is 2.81. The molecule has 0 saturated heterocycles. The Bertz CT molecular complexity index is 912. The number of alkyl halides is 3. The first-order chi connectivity index (χ1) is 16.6. The van der Waals surface area contributed by atoms with Gasteiger partial charge in [0.15, 0.2) is 0 Å². The van der Waals surface area contributed by atoms with Crippen LogP contribution in [0.15, 0.2) is 48.5 Å². The molecule has 2 unspecified atom stereocenters. The smallest absolute Gasteiger partial charge is 0.419 e. The number of benzene rings is 2. The minimum atomic E-state index is -4.58. The SMILES string of the molecule is CCCC(C)C(N)CN(C)NC(=S)c1ccc(OCCOCCc2ccccc2)c(C(F)(F)F)c1. The van der Waals surface area contributed by atoms with Gasteiger partial charge in [-0.05, 0) is 42.5 Å². The largest absolute Gasteiger partial charge is 0.491 e. The molecule has 0 aliphatic heterocycles. The molecule has 9 heteroatoms. The Kier molecular flexibility index (Phi) is 11.9. The Balaban J connectivity index is 1.90. The number of ether oxygens (including phenoxy) is 2. The number of thiocarbonyl (C=S) groups is 1. The van der Waals surface area contributed by atoms with Crippen LogP contribution in [0.25, 0.3) is 0 Å². The fourth-order valence-corrected chi connectivity index (χ4v) is 3.90. The lowest BCUT2D eigenvalue weighted by Crippen LogP contribution is -2.47. The second-order valence-corrected chi connectivity index (χ2v) is 9.06. The lowest BCUT2D eigenvalue weighted by Gasteiger charge is -2.27. The summed E-state index contributed by atoms with van der Waals surface area (Å²) in [6.45, 7) is 5.36. The molecule has 5 nitrogen and oxygen atoms in total. The summed E-state index contributed by atoms with van der Waals surface area (Å²) in [5, 5.41) is 1.71. The lowest BCUT2D eigenvalue weighted by atomic mass is 9.98. The standard InChI is InChI=1S/C26H36F3N3O2S/c1-4-8-19(2)23(30)18-32(3)31-25(35)21-11-12-24(22(17-21)26(27,28)29)34-16-15-33-14-13-20-9-6-5-7-10-20/h5-7,9-12,17,19,23H,4,8,13-16,18,30H2,1-3H3,(H,31,35). The van der Waals surface area contributed by atoms with Gasteiger partial charge in [-0.25, -0.2) is 5.01 Å². The van der Waals surface area contributed by atoms with Crippen molar-refractivity contribution in [3.05, 3.63) is 65.2 Å². The highest BCUT2D eigenvalue weighted by atomic mass is 32.1. The number of nitrogens with one attached hydrogen (secondary N) is 1. The predicted octanol–water partition coefficient (Wildman–Crippen LogP) is 5.22. The first kappa shape index (κ1) is 29.0. The maximum absolute atomic E-state index is 13.7. The zero-order chi connectivity index (χ0) is 25.8. The van der Waals surface area contributed by atoms with Crippen molar-refractivity contribution in [3.8, 4) is 5.75 Å². The van der Waals surface area contributed by atoms with E-state index in [2.05, 4.69) is 19.3 Å². The van der Waals surface area contributed by atoms with E-state index in [1.807, 2.05) is 30.3 Å². The van der Waals surface area contributed by atoms with E-state index < -0.39 is 11.7 Å². The van der Waals surface area contributed by atoms with Gasteiger partial charge in [-0.1, -0.05) is 62.8 Å². The number of likely N-dealkylation sites (N-methyl/N-ethyl adjacent to an activating group) is 1. The van der Waals surface area contributed by atoms with Crippen molar-refractivity contribution in [2.45, 2.75) is 45.3 Å². The third-order valence-electron chi connectivity index (χ3n) is 5.66. The predicted molar refractivity (Wildman–Crippen MR) is 137 cm³/mol. The Morgan fingerprint density at radius 3 is 2.49 bits per heavy atom. The molecule has 0 spiro atoms. The second-order valence-electron chi connectivity index (χ2n) is 8.66. The van der Waals surface area contributed by atoms with Crippen molar-refractivity contribution in [2.24, 2.45) is 11.7 Å². The lowest BCUT2D eigenvalue weighted by molar-refractivity contribution is -0.139. The Morgan fingerprint density at radius 2 is 1.83 bits per heavy atom. The van der Waals surface area contributed by atoms with Gasteiger partial charge in [0.2, 0.25) is 0 Å². The molecule has 35 heavy (non-hydrogen) atoms. The van der Waals surface area contributed by atoms with E-state index in [1.165, 1.54) is 12.1 Å². The number of hydrogen-bond donors (Lipinski definition) is 2. The summed E-state index contributed by atoms with van der Waals surface area (Å²) >= 11 is 5.35. The van der Waals surface area contributed by atoms with Gasteiger partial charge in [0, 0.05) is 25.2 Å². The summed E-state index contributed by atoms with van der Waals surface area (Å²) < 4.78 is 52.0. The van der Waals surface area contributed by atoms with Gasteiger partial charge in [-0.3, -0.25) is 0 Å². The second kappa shape index (κ2) is 14.4. The first-order valence-corrected chi connectivity index (χ1v) is 12.3. The Hall–Kier alpha value is -2.20. The molecule has 0 aliphatic rings. The van der Waals surface area contributed by atoms with Gasteiger partial charge in [-0.15, -0.1) is 0 Å². The third kappa shape index (κ3) is 10.1. The highest BCUT2D eigenvalue weighted by Crippen LogP contribution is 2.37. The number of nitrogens with zero attached hydrogens (tertiary/aromatic N) is 1. The van der Waals surface area contributed by atoms with E-state index in [1.54, 1.807) is 12.1 Å². The summed E-state index contributed by atoms with van der Waals surface area (Å²) in [7, 11) is 1.77. The van der Waals surface area contributed by atoms with Gasteiger partial charge in [0.05, 0.1) is 18.8 Å². The van der Waals surface area contributed by atoms with Crippen molar-refractivity contribution in [1.82, 2.24) is 10.4 Å². The highest BCUT2D eigenvalue weighted by Gasteiger charge is 2.35. The van der Waals surface area contributed by atoms with Crippen LogP contribution in [0.2, 0.25) is 0 Å². The zero-order valence-corrected chi connectivity index (χ0v) is 21.4. The molecule has 3 N–H and O–H groups in total. The fourth-order valence-electron chi connectivity index (χ4n) is 3.62. The van der Waals surface area contributed by atoms with E-state index in [0.717, 1.165) is 30.9 Å². The van der Waals surface area contributed by atoms with Crippen LogP contribution in [0.3, 0.4) is 0 Å². The minimum Gasteiger partial charge on any atom is -0.491 e. The number of hydrogen-bond acceptors (Lipinski definition) is 5. The van der Waals surface area contributed by atoms with Crippen LogP contribution in [0, 0.1) is 5.92 Å². The third-order valence-corrected chi connectivity index (χ3v) is 5.99. The molecule has 0 heterocycles. The van der Waals surface area contributed by atoms with Crippen molar-refractivity contribution < 1.29 is 22.6 Å². The van der Waals surface area contributed by atoms with E-state index in [-0.39, 0.29) is 35.6 Å². The van der Waals surface area contributed by atoms with Gasteiger partial charge >= 0.3 is 6.18 Å². The Labute approximate surface area is 211 Å². The van der Waals surface area contributed by atoms with E-state index in [4.69, 9.17) is 27.4 Å². The number of halogens is 3. The molecule has 0 saturated carbocycles. The molecule has 0 radical (unpaired) electrons. The van der Waals surface area contributed by atoms with Crippen LogP contribution in [-0.2, 0) is 17.3 Å². The minimum absolute atomic E-state index is 0.0104. The van der Waals surface area contributed by atoms with Gasteiger partial charge in [0.1, 0.15) is 17.3 Å². The van der Waals surface area contributed by atoms with E-state index in [9.17, 15) is 13.2 Å². The van der Waals surface area contributed by atoms with Crippen molar-refractivity contribution in [2.75, 3.05) is 33.4 Å². The maximum atomic E-state index is 13.7. The van der Waals surface area contributed by atoms with Crippen LogP contribution in [0.1, 0.15) is 43.4 Å². The van der Waals surface area contributed by atoms with Gasteiger partial charge in [-0.2, -0.15) is 13.2 Å². The maximum Gasteiger partial charge on any atom is 0.419 e. The summed E-state index contributed by atoms with van der Waals surface area (Å²) in [5.74, 6) is 0.0767. The highest BCUT2D eigenvalue weighted by molar-refractivity contribution is 7.80. The van der Waals surface area contributed by atoms with Gasteiger partial charge in [0.25, 0.3) is 0 Å². The average molecular weight is 512 g/mol. The Morgan fingerprint density at radius 1 is 1.11 bits per heavy atom. The summed E-state index contributed by atoms with van der Waals surface area (Å²) in [5.41, 5.74) is 9.69. The molecular weight excluding hydrogens is 475 g/mol. The van der Waals surface area contributed by atoms with Crippen molar-refractivity contribution in [3.63, 3.8) is 0 Å². The number of rotatable bonds is 14. The summed E-state index contributed by atoms with van der Waals surface area (Å²) in [6, 6.07) is 13.6. The number of hydrazine groups is 1. The molecule has 2 atom stereocenters. The van der Waals surface area contributed by atoms with Crippen LogP contribution in [0.4, 0.5) is 13.2 Å². The van der Waals surface area contributed by atoms with Gasteiger partial charge < -0.3 is 20.6 Å². The topological polar surface area (TPSA) is 59.8 Å². The van der Waals surface area contributed by atoms with E-state index >= 15 is 0 Å². The van der Waals surface area contributed by atoms with Crippen LogP contribution in [0.5, 0.6) is 5.75 Å². The monoisotopic (exact) mass is 511 g/mol. The molecule has 0 amide bonds. The molecule has 194 valence electrons. The summed E-state index contributed by atoms with van der Waals surface area (Å²) in [6.07, 6.45) is -1.81. The summed E-state index contributed by atoms with van der Waals surface area (Å²) in [4.78, 5) is 0.184. The molecule has 2 aromatic carbocycles. The normalized spacial score (nSPS) is 13.5. The van der Waals surface area contributed by atoms with E-state index in [0.29, 0.717) is 19.1 Å². The van der Waals surface area contributed by atoms with Crippen LogP contribution in [-0.4, -0.2) is 49.5 Å². The van der Waals surface area contributed by atoms with Crippen LogP contribution < -0.4 is 15.9 Å². The molecule has 0 bridgehead atoms. The van der Waals surface area contributed by atoms with Crippen molar-refractivity contribution in [1.29, 1.82) is 0 Å². The molecule has 0 aliphatic carbocycles. The molecule has 0 fully saturated rings. The quantitative estimate of drug-likeness (QED) is 0.206. The fraction of sp³-hybridized carbons (Fsp3) is 0.500. The molecular formula is C26H36F3N3O2S. The first-order valence-electron chi connectivity index (χ1n) is 11.8. The van der Waals surface area contributed by atoms with Crippen molar-refractivity contribution >= 4 is 17.2 Å². The number of nitrogens with two attached hydrogens (primary N) is 1. The van der Waals surface area contributed by atoms with Crippen LogP contribution >= 0.6 is 12.2 Å². The molecule has 0 aromatic heterocycles.